The highest BCUT2D eigenvalue weighted by molar-refractivity contribution is 5.76. The Bertz CT molecular complexity index is 2330. The normalized spacial score (nSPS) is 17.5. The maximum absolute atomic E-state index is 11.8. The summed E-state index contributed by atoms with van der Waals surface area (Å²) in [5, 5.41) is 31.7. The molecule has 4 fully saturated rings. The van der Waals surface area contributed by atoms with E-state index in [0.29, 0.717) is 60.4 Å². The summed E-state index contributed by atoms with van der Waals surface area (Å²) in [7, 11) is 5.74. The van der Waals surface area contributed by atoms with Gasteiger partial charge in [-0.3, -0.25) is 19.2 Å². The van der Waals surface area contributed by atoms with Gasteiger partial charge in [-0.05, 0) is 138 Å². The van der Waals surface area contributed by atoms with Gasteiger partial charge in [0.15, 0.2) is 23.3 Å². The van der Waals surface area contributed by atoms with E-state index in [1.807, 2.05) is 43.0 Å². The fraction of sp³-hybridized carbons (Fsp3) is 0.600. The van der Waals surface area contributed by atoms with Crippen molar-refractivity contribution in [3.8, 4) is 0 Å². The molecule has 0 bridgehead atoms. The third-order valence-electron chi connectivity index (χ3n) is 14.1. The number of ether oxygens (including phenoxy) is 4. The average molecular weight is 1030 g/mol. The Morgan fingerprint density at radius 2 is 0.905 bits per heavy atom. The first-order chi connectivity index (χ1) is 35.5. The molecule has 1 unspecified atom stereocenters. The van der Waals surface area contributed by atoms with Crippen molar-refractivity contribution in [2.45, 2.75) is 84.5 Å². The maximum atomic E-state index is 11.8. The molecule has 24 nitrogen and oxygen atoms in total. The molecule has 0 aliphatic carbocycles. The number of nitrogens with two attached hydrogens (primary N) is 4. The quantitative estimate of drug-likeness (QED) is 0.115. The summed E-state index contributed by atoms with van der Waals surface area (Å²) < 4.78 is 19.0. The molecule has 24 heteroatoms. The Balaban J connectivity index is 0.000000183. The maximum Gasteiger partial charge on any atom is 0.311 e. The van der Waals surface area contributed by atoms with Gasteiger partial charge in [0.05, 0.1) is 39.8 Å². The molecule has 74 heavy (non-hydrogen) atoms. The largest absolute Gasteiger partial charge is 0.469 e. The van der Waals surface area contributed by atoms with Gasteiger partial charge in [-0.1, -0.05) is 0 Å². The molecule has 0 saturated carbocycles. The number of aromatic nitrogens is 8. The second kappa shape index (κ2) is 28.7. The number of nitrogen functional groups attached to an aromatic ring is 4. The van der Waals surface area contributed by atoms with Crippen molar-refractivity contribution >= 4 is 70.4 Å². The summed E-state index contributed by atoms with van der Waals surface area (Å²) in [6, 6.07) is 14.5. The molecule has 8 N–H and O–H groups in total. The van der Waals surface area contributed by atoms with E-state index in [9.17, 15) is 19.2 Å². The van der Waals surface area contributed by atoms with Gasteiger partial charge in [0.25, 0.3) is 0 Å². The predicted molar refractivity (Wildman–Crippen MR) is 281 cm³/mol. The smallest absolute Gasteiger partial charge is 0.311 e. The van der Waals surface area contributed by atoms with Crippen molar-refractivity contribution in [1.29, 1.82) is 0 Å². The Hall–Kier alpha value is -7.40. The highest BCUT2D eigenvalue weighted by atomic mass is 16.5. The van der Waals surface area contributed by atoms with Gasteiger partial charge in [-0.2, -0.15) is 0 Å². The average Bonchev–Trinajstić information content (AvgIpc) is 3.43. The molecule has 0 radical (unpaired) electrons. The summed E-state index contributed by atoms with van der Waals surface area (Å²) in [4.78, 5) is 54.2. The molecular weight excluding hydrogens is 953 g/mol. The zero-order valence-electron chi connectivity index (χ0n) is 43.8. The summed E-state index contributed by atoms with van der Waals surface area (Å²) in [5.74, 6) is 5.74. The second-order valence-corrected chi connectivity index (χ2v) is 19.3. The number of rotatable bonds is 12. The number of carbonyl (C=O) groups is 4. The lowest BCUT2D eigenvalue weighted by Gasteiger charge is -2.39. The number of carbonyl (C=O) groups excluding carboxylic acids is 4. The minimum atomic E-state index is -0.437. The van der Waals surface area contributed by atoms with Gasteiger partial charge in [0.2, 0.25) is 0 Å². The van der Waals surface area contributed by atoms with E-state index < -0.39 is 5.41 Å². The number of hydrogen-bond acceptors (Lipinski definition) is 24. The zero-order chi connectivity index (χ0) is 53.6. The van der Waals surface area contributed by atoms with Crippen LogP contribution in [0.4, 0.5) is 46.5 Å². The van der Waals surface area contributed by atoms with Gasteiger partial charge in [0, 0.05) is 65.2 Å². The van der Waals surface area contributed by atoms with Crippen LogP contribution in [-0.2, 0) is 38.1 Å². The van der Waals surface area contributed by atoms with E-state index >= 15 is 0 Å². The molecule has 4 aliphatic rings. The number of hydrogen-bond donors (Lipinski definition) is 4. The highest BCUT2D eigenvalue weighted by Crippen LogP contribution is 2.37. The van der Waals surface area contributed by atoms with E-state index in [-0.39, 0.29) is 29.8 Å². The van der Waals surface area contributed by atoms with Crippen LogP contribution in [-0.4, -0.2) is 145 Å². The van der Waals surface area contributed by atoms with E-state index in [2.05, 4.69) is 65.0 Å². The standard InChI is InChI=1S/C14H22N4O2.C13H20N4O2.C12H18N4O2.C11H16N4O2/c1-14(2,13(19)20-3)10-6-8-18(9-7-10)12-5-4-11(15)16-17-12;1-19-13(18)5-2-10-6-8-17(9-7-10)12-4-3-11(14)15-16-12;1-18-12(17)8-9-4-6-16(7-5-9)11-3-2-10(13)14-15-11;1-17-11(16)8-3-2-6-15(7-8)10-5-4-9(12)13-14-10/h4-5,10H,6-9H2,1-3H3,(H2,15,16);3-4,10H,2,5-9H2,1H3,(H2,14,15);2-3,9H,4-8H2,1H3,(H2,13,14);4-5,8H,2-3,6-7H2,1H3,(H2,12,13). The van der Waals surface area contributed by atoms with E-state index in [1.165, 1.54) is 28.4 Å². The minimum absolute atomic E-state index is 0.0758. The molecule has 4 aromatic heterocycles. The van der Waals surface area contributed by atoms with Crippen molar-refractivity contribution in [3.05, 3.63) is 48.5 Å². The first-order valence-electron chi connectivity index (χ1n) is 25.2. The lowest BCUT2D eigenvalue weighted by Crippen LogP contribution is -2.42. The van der Waals surface area contributed by atoms with E-state index in [4.69, 9.17) is 32.4 Å². The highest BCUT2D eigenvalue weighted by Gasteiger charge is 2.39. The first kappa shape index (κ1) is 57.5. The molecular formula is C50H76N16O8. The summed E-state index contributed by atoms with van der Waals surface area (Å²) >= 11 is 0. The Kier molecular flexibility index (Phi) is 22.3. The summed E-state index contributed by atoms with van der Waals surface area (Å²) in [6.07, 6.45) is 9.72. The van der Waals surface area contributed by atoms with Crippen LogP contribution in [0.3, 0.4) is 0 Å². The van der Waals surface area contributed by atoms with Crippen LogP contribution in [0, 0.1) is 29.1 Å². The van der Waals surface area contributed by atoms with Crippen LogP contribution in [0.2, 0.25) is 0 Å². The van der Waals surface area contributed by atoms with Crippen LogP contribution in [0.1, 0.15) is 84.5 Å². The minimum Gasteiger partial charge on any atom is -0.469 e. The molecule has 0 amide bonds. The third kappa shape index (κ3) is 17.7. The molecule has 4 aliphatic heterocycles. The van der Waals surface area contributed by atoms with Crippen molar-refractivity contribution in [3.63, 3.8) is 0 Å². The topological polar surface area (TPSA) is 325 Å². The molecule has 4 saturated heterocycles. The fourth-order valence-corrected chi connectivity index (χ4v) is 9.38. The molecule has 8 heterocycles. The van der Waals surface area contributed by atoms with Crippen LogP contribution >= 0.6 is 0 Å². The van der Waals surface area contributed by atoms with Crippen LogP contribution in [0.15, 0.2) is 48.5 Å². The van der Waals surface area contributed by atoms with Gasteiger partial charge in [0.1, 0.15) is 23.3 Å². The summed E-state index contributed by atoms with van der Waals surface area (Å²) in [6.45, 7) is 10.8. The number of esters is 4. The number of methoxy groups -OCH3 is 4. The van der Waals surface area contributed by atoms with Crippen LogP contribution in [0.5, 0.6) is 0 Å². The molecule has 4 aromatic rings. The van der Waals surface area contributed by atoms with Crippen molar-refractivity contribution in [2.75, 3.05) is 123 Å². The molecule has 8 rings (SSSR count). The number of piperidine rings is 4. The molecule has 404 valence electrons. The SMILES string of the molecule is COC(=O)C(C)(C)C1CCN(c2ccc(N)nn2)CC1.COC(=O)C1CCCN(c2ccc(N)nn2)C1.COC(=O)CC1CCN(c2ccc(N)nn2)CC1.COC(=O)CCC1CCN(c2ccc(N)nn2)CC1. The van der Waals surface area contributed by atoms with Crippen LogP contribution < -0.4 is 42.5 Å². The second-order valence-electron chi connectivity index (χ2n) is 19.3. The number of anilines is 8. The first-order valence-corrected chi connectivity index (χ1v) is 25.2. The van der Waals surface area contributed by atoms with Gasteiger partial charge in [-0.25, -0.2) is 0 Å². The monoisotopic (exact) mass is 1030 g/mol. The van der Waals surface area contributed by atoms with E-state index in [1.54, 1.807) is 24.3 Å². The molecule has 1 atom stereocenters. The predicted octanol–water partition coefficient (Wildman–Crippen LogP) is 3.99. The van der Waals surface area contributed by atoms with Crippen LogP contribution in [0.25, 0.3) is 0 Å². The Labute approximate surface area is 433 Å². The third-order valence-corrected chi connectivity index (χ3v) is 14.1. The lowest BCUT2D eigenvalue weighted by molar-refractivity contribution is -0.154. The Morgan fingerprint density at radius 1 is 0.500 bits per heavy atom. The van der Waals surface area contributed by atoms with Gasteiger partial charge in [-0.15, -0.1) is 40.8 Å². The van der Waals surface area contributed by atoms with Gasteiger partial charge >= 0.3 is 23.9 Å². The van der Waals surface area contributed by atoms with Crippen molar-refractivity contribution < 1.29 is 38.1 Å². The molecule has 0 aromatic carbocycles. The van der Waals surface area contributed by atoms with Crippen molar-refractivity contribution in [2.24, 2.45) is 29.1 Å². The zero-order valence-corrected chi connectivity index (χ0v) is 43.8. The van der Waals surface area contributed by atoms with E-state index in [0.717, 1.165) is 127 Å². The van der Waals surface area contributed by atoms with Gasteiger partial charge < -0.3 is 61.5 Å². The Morgan fingerprint density at radius 3 is 1.28 bits per heavy atom. The fourth-order valence-electron chi connectivity index (χ4n) is 9.38. The summed E-state index contributed by atoms with van der Waals surface area (Å²) in [5.41, 5.74) is 21.6. The number of nitrogens with zero attached hydrogens (tertiary/aromatic N) is 12. The lowest BCUT2D eigenvalue weighted by atomic mass is 9.73. The molecule has 0 spiro atoms. The van der Waals surface area contributed by atoms with Crippen molar-refractivity contribution in [1.82, 2.24) is 40.8 Å².